The number of aliphatic hydroxyl groups is 1. The number of fused-ring (bicyclic) bond motifs is 2. The molecular weight excluding hydrogens is 244 g/mol. The van der Waals surface area contributed by atoms with Crippen molar-refractivity contribution in [2.45, 2.75) is 62.9 Å². The second-order valence-corrected chi connectivity index (χ2v) is 6.60. The number of nitrogens with two attached hydrogens (primary N) is 1. The predicted octanol–water partition coefficient (Wildman–Crippen LogP) is 2.12. The number of hydrogen-bond donors (Lipinski definition) is 2. The molecule has 2 bridgehead atoms. The van der Waals surface area contributed by atoms with Crippen molar-refractivity contribution in [1.82, 2.24) is 4.90 Å². The number of piperidine rings is 1. The molecule has 3 nitrogen and oxygen atoms in total. The summed E-state index contributed by atoms with van der Waals surface area (Å²) in [6.45, 7) is 2.10. The van der Waals surface area contributed by atoms with Crippen molar-refractivity contribution < 1.29 is 5.11 Å². The maximum atomic E-state index is 9.90. The molecule has 3 N–H and O–H groups in total. The Morgan fingerprint density at radius 1 is 1.39 bits per heavy atom. The zero-order chi connectivity index (χ0) is 12.7. The Morgan fingerprint density at radius 2 is 2.06 bits per heavy atom. The lowest BCUT2D eigenvalue weighted by atomic mass is 9.93. The fourth-order valence-corrected chi connectivity index (χ4v) is 4.52. The topological polar surface area (TPSA) is 49.5 Å². The normalized spacial score (nSPS) is 35.6. The number of thiophene rings is 1. The summed E-state index contributed by atoms with van der Waals surface area (Å²) in [5, 5.41) is 14.3. The van der Waals surface area contributed by atoms with E-state index in [0.29, 0.717) is 18.1 Å². The first kappa shape index (κ1) is 12.6. The first-order valence-corrected chi connectivity index (χ1v) is 7.84. The van der Waals surface area contributed by atoms with Gasteiger partial charge in [-0.05, 0) is 55.0 Å². The van der Waals surface area contributed by atoms with Crippen LogP contribution in [-0.2, 0) is 0 Å². The summed E-state index contributed by atoms with van der Waals surface area (Å²) in [4.78, 5) is 2.60. The molecule has 0 spiro atoms. The molecule has 0 radical (unpaired) electrons. The monoisotopic (exact) mass is 266 g/mol. The van der Waals surface area contributed by atoms with Gasteiger partial charge in [0.1, 0.15) is 0 Å². The molecule has 4 atom stereocenters. The van der Waals surface area contributed by atoms with E-state index in [1.54, 1.807) is 11.3 Å². The largest absolute Gasteiger partial charge is 0.393 e. The van der Waals surface area contributed by atoms with E-state index in [9.17, 15) is 5.11 Å². The van der Waals surface area contributed by atoms with Gasteiger partial charge in [0.2, 0.25) is 0 Å². The van der Waals surface area contributed by atoms with Crippen LogP contribution in [0.25, 0.3) is 0 Å². The van der Waals surface area contributed by atoms with Crippen LogP contribution in [0.5, 0.6) is 0 Å². The Morgan fingerprint density at radius 3 is 2.56 bits per heavy atom. The lowest BCUT2D eigenvalue weighted by Crippen LogP contribution is -2.50. The van der Waals surface area contributed by atoms with E-state index in [-0.39, 0.29) is 12.1 Å². The molecule has 0 aromatic carbocycles. The van der Waals surface area contributed by atoms with E-state index >= 15 is 0 Å². The zero-order valence-corrected chi connectivity index (χ0v) is 11.6. The summed E-state index contributed by atoms with van der Waals surface area (Å²) in [5.41, 5.74) is 7.60. The maximum Gasteiger partial charge on any atom is 0.0570 e. The molecule has 0 amide bonds. The number of hydrogen-bond acceptors (Lipinski definition) is 4. The highest BCUT2D eigenvalue weighted by atomic mass is 32.1. The van der Waals surface area contributed by atoms with Crippen molar-refractivity contribution in [2.24, 2.45) is 5.73 Å². The predicted molar refractivity (Wildman–Crippen MR) is 74.6 cm³/mol. The molecule has 4 unspecified atom stereocenters. The average Bonchev–Trinajstić information content (AvgIpc) is 2.89. The summed E-state index contributed by atoms with van der Waals surface area (Å²) < 4.78 is 0. The standard InChI is InChI=1S/C14H22N2OS/c1-9(15)14(10-4-5-18-8-10)16-11-2-3-12(16)7-13(17)6-11/h4-5,8-9,11-14,17H,2-3,6-7,15H2,1H3. The van der Waals surface area contributed by atoms with E-state index in [0.717, 1.165) is 12.8 Å². The van der Waals surface area contributed by atoms with Gasteiger partial charge in [-0.3, -0.25) is 4.90 Å². The summed E-state index contributed by atoms with van der Waals surface area (Å²) in [5.74, 6) is 0. The van der Waals surface area contributed by atoms with Gasteiger partial charge < -0.3 is 10.8 Å². The van der Waals surface area contributed by atoms with Gasteiger partial charge >= 0.3 is 0 Å². The third-order valence-corrected chi connectivity index (χ3v) is 5.17. The van der Waals surface area contributed by atoms with E-state index in [2.05, 4.69) is 28.7 Å². The van der Waals surface area contributed by atoms with Gasteiger partial charge in [0.25, 0.3) is 0 Å². The van der Waals surface area contributed by atoms with Crippen LogP contribution in [0.1, 0.15) is 44.2 Å². The summed E-state index contributed by atoms with van der Waals surface area (Å²) in [6.07, 6.45) is 4.17. The molecule has 3 heterocycles. The van der Waals surface area contributed by atoms with Crippen LogP contribution in [-0.4, -0.2) is 34.2 Å². The molecule has 2 aliphatic rings. The molecule has 1 aromatic heterocycles. The fourth-order valence-electron chi connectivity index (χ4n) is 3.83. The van der Waals surface area contributed by atoms with Crippen LogP contribution in [0.3, 0.4) is 0 Å². The fraction of sp³-hybridized carbons (Fsp3) is 0.714. The molecule has 3 rings (SSSR count). The summed E-state index contributed by atoms with van der Waals surface area (Å²) >= 11 is 1.74. The van der Waals surface area contributed by atoms with Gasteiger partial charge in [-0.2, -0.15) is 11.3 Å². The van der Waals surface area contributed by atoms with Gasteiger partial charge in [-0.25, -0.2) is 0 Å². The third-order valence-electron chi connectivity index (χ3n) is 4.47. The van der Waals surface area contributed by atoms with E-state index in [1.165, 1.54) is 18.4 Å². The number of nitrogens with zero attached hydrogens (tertiary/aromatic N) is 1. The number of aliphatic hydroxyl groups excluding tert-OH is 1. The summed E-state index contributed by atoms with van der Waals surface area (Å²) in [6, 6.07) is 3.70. The van der Waals surface area contributed by atoms with Crippen LogP contribution < -0.4 is 5.73 Å². The van der Waals surface area contributed by atoms with Crippen LogP contribution in [0, 0.1) is 0 Å². The average molecular weight is 266 g/mol. The van der Waals surface area contributed by atoms with Crippen LogP contribution in [0.4, 0.5) is 0 Å². The Hall–Kier alpha value is -0.420. The highest BCUT2D eigenvalue weighted by Gasteiger charge is 2.44. The Balaban J connectivity index is 1.88. The molecule has 2 saturated heterocycles. The molecule has 2 aliphatic heterocycles. The van der Waals surface area contributed by atoms with Gasteiger partial charge in [0.15, 0.2) is 0 Å². The van der Waals surface area contributed by atoms with Crippen LogP contribution in [0.15, 0.2) is 16.8 Å². The molecule has 0 aliphatic carbocycles. The Bertz CT molecular complexity index is 379. The smallest absolute Gasteiger partial charge is 0.0570 e. The van der Waals surface area contributed by atoms with Gasteiger partial charge in [0.05, 0.1) is 12.1 Å². The molecular formula is C14H22N2OS. The van der Waals surface area contributed by atoms with Crippen molar-refractivity contribution in [2.75, 3.05) is 0 Å². The lowest BCUT2D eigenvalue weighted by Gasteiger charge is -2.43. The van der Waals surface area contributed by atoms with Crippen LogP contribution in [0.2, 0.25) is 0 Å². The van der Waals surface area contributed by atoms with Gasteiger partial charge in [0, 0.05) is 18.1 Å². The van der Waals surface area contributed by atoms with Gasteiger partial charge in [-0.15, -0.1) is 0 Å². The molecule has 2 fully saturated rings. The van der Waals surface area contributed by atoms with Gasteiger partial charge in [-0.1, -0.05) is 0 Å². The highest BCUT2D eigenvalue weighted by Crippen LogP contribution is 2.42. The number of rotatable bonds is 3. The van der Waals surface area contributed by atoms with Crippen molar-refractivity contribution in [3.63, 3.8) is 0 Å². The molecule has 1 aromatic rings. The summed E-state index contributed by atoms with van der Waals surface area (Å²) in [7, 11) is 0. The van der Waals surface area contributed by atoms with E-state index in [1.807, 2.05) is 0 Å². The first-order chi connectivity index (χ1) is 8.66. The maximum absolute atomic E-state index is 9.90. The molecule has 100 valence electrons. The minimum absolute atomic E-state index is 0.102. The second kappa shape index (κ2) is 4.93. The quantitative estimate of drug-likeness (QED) is 0.881. The first-order valence-electron chi connectivity index (χ1n) is 6.90. The van der Waals surface area contributed by atoms with Crippen molar-refractivity contribution in [1.29, 1.82) is 0 Å². The minimum Gasteiger partial charge on any atom is -0.393 e. The molecule has 18 heavy (non-hydrogen) atoms. The lowest BCUT2D eigenvalue weighted by molar-refractivity contribution is 0.00422. The van der Waals surface area contributed by atoms with E-state index in [4.69, 9.17) is 5.73 Å². The minimum atomic E-state index is -0.102. The zero-order valence-electron chi connectivity index (χ0n) is 10.8. The third kappa shape index (κ3) is 2.11. The second-order valence-electron chi connectivity index (χ2n) is 5.82. The SMILES string of the molecule is CC(N)C(c1ccsc1)N1C2CCC1CC(O)C2. The Labute approximate surface area is 113 Å². The highest BCUT2D eigenvalue weighted by molar-refractivity contribution is 7.07. The molecule has 0 saturated carbocycles. The van der Waals surface area contributed by atoms with Crippen molar-refractivity contribution >= 4 is 11.3 Å². The Kier molecular flexibility index (Phi) is 3.45. The molecule has 4 heteroatoms. The van der Waals surface area contributed by atoms with E-state index < -0.39 is 0 Å². The van der Waals surface area contributed by atoms with Crippen LogP contribution >= 0.6 is 11.3 Å². The van der Waals surface area contributed by atoms with Crippen molar-refractivity contribution in [3.8, 4) is 0 Å². The van der Waals surface area contributed by atoms with Crippen molar-refractivity contribution in [3.05, 3.63) is 22.4 Å².